The van der Waals surface area contributed by atoms with Gasteiger partial charge >= 0.3 is 0 Å². The van der Waals surface area contributed by atoms with Gasteiger partial charge in [-0.25, -0.2) is 10.0 Å². The molecule has 1 fully saturated rings. The molecule has 0 spiro atoms. The van der Waals surface area contributed by atoms with Gasteiger partial charge in [0.25, 0.3) is 0 Å². The van der Waals surface area contributed by atoms with E-state index in [-0.39, 0.29) is 5.95 Å². The summed E-state index contributed by atoms with van der Waals surface area (Å²) in [5, 5.41) is 31.5. The fourth-order valence-electron chi connectivity index (χ4n) is 2.72. The maximum absolute atomic E-state index is 10.4. The lowest BCUT2D eigenvalue weighted by Crippen LogP contribution is -2.46. The summed E-state index contributed by atoms with van der Waals surface area (Å²) < 4.78 is 7.02. The van der Waals surface area contributed by atoms with Crippen molar-refractivity contribution in [1.29, 1.82) is 0 Å². The van der Waals surface area contributed by atoms with Crippen LogP contribution in [0.4, 0.5) is 11.8 Å². The molecule has 132 valence electrons. The van der Waals surface area contributed by atoms with E-state index in [1.54, 1.807) is 7.05 Å². The van der Waals surface area contributed by atoms with Gasteiger partial charge in [0.1, 0.15) is 17.8 Å². The van der Waals surface area contributed by atoms with Gasteiger partial charge in [0.2, 0.25) is 5.95 Å². The molecule has 0 saturated carbocycles. The van der Waals surface area contributed by atoms with Gasteiger partial charge in [-0.1, -0.05) is 0 Å². The molecule has 1 saturated heterocycles. The highest BCUT2D eigenvalue weighted by molar-refractivity contribution is 5.84. The van der Waals surface area contributed by atoms with E-state index < -0.39 is 30.6 Å². The third-order valence-corrected chi connectivity index (χ3v) is 4.26. The molecule has 0 unspecified atom stereocenters. The Morgan fingerprint density at radius 3 is 2.79 bits per heavy atom. The monoisotopic (exact) mass is 340 g/mol. The van der Waals surface area contributed by atoms with Gasteiger partial charge in [-0.15, -0.1) is 0 Å². The standard InChI is InChI=1S/C13H20N6O5/c1-13(22)6(4-20)24-11(8(13)21)19-5-15-7-9(18(2)23-3)16-12(14)17-10(7)19/h5-6,8,11,20-22H,4H2,1-3H3,(H2,14,16,17)/t6-,8+,11-,13-/m1/s1. The van der Waals surface area contributed by atoms with Gasteiger partial charge in [-0.3, -0.25) is 9.40 Å². The molecule has 0 bridgehead atoms. The normalized spacial score (nSPS) is 30.2. The van der Waals surface area contributed by atoms with Crippen molar-refractivity contribution in [2.45, 2.75) is 31.0 Å². The van der Waals surface area contributed by atoms with E-state index in [0.717, 1.165) is 0 Å². The number of nitrogen functional groups attached to an aromatic ring is 1. The van der Waals surface area contributed by atoms with Crippen LogP contribution in [0, 0.1) is 0 Å². The molecule has 3 heterocycles. The number of aliphatic hydroxyl groups is 3. The van der Waals surface area contributed by atoms with Crippen molar-refractivity contribution in [3.63, 3.8) is 0 Å². The van der Waals surface area contributed by atoms with Gasteiger partial charge in [0.05, 0.1) is 20.0 Å². The van der Waals surface area contributed by atoms with Gasteiger partial charge < -0.3 is 25.8 Å². The van der Waals surface area contributed by atoms with E-state index in [9.17, 15) is 15.3 Å². The van der Waals surface area contributed by atoms with Gasteiger partial charge in [0, 0.05) is 7.05 Å². The van der Waals surface area contributed by atoms with Crippen LogP contribution in [-0.4, -0.2) is 73.4 Å². The molecule has 0 radical (unpaired) electrons. The lowest BCUT2D eigenvalue weighted by atomic mass is 9.95. The van der Waals surface area contributed by atoms with E-state index in [4.69, 9.17) is 15.3 Å². The molecule has 24 heavy (non-hydrogen) atoms. The average molecular weight is 340 g/mol. The molecule has 3 rings (SSSR count). The van der Waals surface area contributed by atoms with Crippen molar-refractivity contribution < 1.29 is 24.9 Å². The third kappa shape index (κ3) is 2.37. The highest BCUT2D eigenvalue weighted by Gasteiger charge is 2.53. The van der Waals surface area contributed by atoms with Crippen molar-refractivity contribution in [2.75, 3.05) is 31.6 Å². The zero-order chi connectivity index (χ0) is 17.6. The van der Waals surface area contributed by atoms with Crippen molar-refractivity contribution >= 4 is 22.9 Å². The van der Waals surface area contributed by atoms with Gasteiger partial charge in [-0.2, -0.15) is 9.97 Å². The minimum Gasteiger partial charge on any atom is -0.394 e. The largest absolute Gasteiger partial charge is 0.394 e. The minimum absolute atomic E-state index is 0.0129. The quantitative estimate of drug-likeness (QED) is 0.479. The topological polar surface area (TPSA) is 152 Å². The SMILES string of the molecule is CON(C)c1nc(N)nc2c1ncn2[C@@H]1O[C@H](CO)[C@@](C)(O)[C@H]1O. The molecule has 11 heteroatoms. The zero-order valence-corrected chi connectivity index (χ0v) is 13.5. The molecule has 2 aromatic heterocycles. The van der Waals surface area contributed by atoms with Crippen molar-refractivity contribution in [3.05, 3.63) is 6.33 Å². The first-order valence-electron chi connectivity index (χ1n) is 7.25. The Morgan fingerprint density at radius 1 is 1.50 bits per heavy atom. The summed E-state index contributed by atoms with van der Waals surface area (Å²) in [5.74, 6) is 0.331. The summed E-state index contributed by atoms with van der Waals surface area (Å²) in [5.41, 5.74) is 4.81. The fourth-order valence-corrected chi connectivity index (χ4v) is 2.72. The van der Waals surface area contributed by atoms with Crippen LogP contribution in [0.1, 0.15) is 13.2 Å². The number of aliphatic hydroxyl groups excluding tert-OH is 2. The molecule has 4 atom stereocenters. The second-order valence-electron chi connectivity index (χ2n) is 5.78. The Kier molecular flexibility index (Phi) is 4.05. The molecule has 0 amide bonds. The van der Waals surface area contributed by atoms with Crippen LogP contribution in [0.5, 0.6) is 0 Å². The summed E-state index contributed by atoms with van der Waals surface area (Å²) in [6.45, 7) is 0.952. The number of hydrogen-bond donors (Lipinski definition) is 4. The summed E-state index contributed by atoms with van der Waals surface area (Å²) in [6.07, 6.45) is -1.84. The van der Waals surface area contributed by atoms with Crippen LogP contribution in [0.25, 0.3) is 11.2 Å². The molecular weight excluding hydrogens is 320 g/mol. The number of rotatable bonds is 4. The Hall–Kier alpha value is -2.05. The highest BCUT2D eigenvalue weighted by atomic mass is 16.7. The number of nitrogens with zero attached hydrogens (tertiary/aromatic N) is 5. The van der Waals surface area contributed by atoms with Crippen LogP contribution in [0.2, 0.25) is 0 Å². The summed E-state index contributed by atoms with van der Waals surface area (Å²) >= 11 is 0. The zero-order valence-electron chi connectivity index (χ0n) is 13.5. The molecule has 5 N–H and O–H groups in total. The second-order valence-corrected chi connectivity index (χ2v) is 5.78. The molecule has 1 aliphatic rings. The van der Waals surface area contributed by atoms with Crippen LogP contribution in [0.3, 0.4) is 0 Å². The number of nitrogens with two attached hydrogens (primary N) is 1. The highest BCUT2D eigenvalue weighted by Crippen LogP contribution is 2.38. The van der Waals surface area contributed by atoms with Crippen molar-refractivity contribution in [3.8, 4) is 0 Å². The molecular formula is C13H20N6O5. The first kappa shape index (κ1) is 16.8. The first-order chi connectivity index (χ1) is 11.3. The van der Waals surface area contributed by atoms with Crippen LogP contribution in [0.15, 0.2) is 6.33 Å². The molecule has 2 aromatic rings. The van der Waals surface area contributed by atoms with Crippen LogP contribution < -0.4 is 10.8 Å². The summed E-state index contributed by atoms with van der Waals surface area (Å²) in [4.78, 5) is 17.6. The maximum Gasteiger partial charge on any atom is 0.224 e. The van der Waals surface area contributed by atoms with Gasteiger partial charge in [-0.05, 0) is 6.92 Å². The second kappa shape index (κ2) is 5.79. The van der Waals surface area contributed by atoms with E-state index in [2.05, 4.69) is 15.0 Å². The average Bonchev–Trinajstić information content (AvgIpc) is 3.05. The third-order valence-electron chi connectivity index (χ3n) is 4.26. The number of fused-ring (bicyclic) bond motifs is 1. The number of imidazole rings is 1. The maximum atomic E-state index is 10.4. The van der Waals surface area contributed by atoms with Crippen molar-refractivity contribution in [2.24, 2.45) is 0 Å². The Balaban J connectivity index is 2.10. The summed E-state index contributed by atoms with van der Waals surface area (Å²) in [6, 6.07) is 0. The first-order valence-corrected chi connectivity index (χ1v) is 7.25. The Morgan fingerprint density at radius 2 is 2.21 bits per heavy atom. The Bertz CT molecular complexity index is 750. The lowest BCUT2D eigenvalue weighted by Gasteiger charge is -2.25. The smallest absolute Gasteiger partial charge is 0.224 e. The molecule has 0 aliphatic carbocycles. The molecule has 1 aliphatic heterocycles. The number of hydrogen-bond acceptors (Lipinski definition) is 10. The number of ether oxygens (including phenoxy) is 1. The number of aromatic nitrogens is 4. The number of anilines is 2. The lowest BCUT2D eigenvalue weighted by molar-refractivity contribution is -0.0804. The van der Waals surface area contributed by atoms with E-state index in [1.165, 1.54) is 30.0 Å². The predicted octanol–water partition coefficient (Wildman–Crippen LogP) is -1.59. The minimum atomic E-state index is -1.62. The van der Waals surface area contributed by atoms with E-state index >= 15 is 0 Å². The number of hydroxylamine groups is 1. The molecule has 0 aromatic carbocycles. The Labute approximate surface area is 137 Å². The van der Waals surface area contributed by atoms with Crippen LogP contribution in [-0.2, 0) is 9.57 Å². The van der Waals surface area contributed by atoms with Crippen molar-refractivity contribution in [1.82, 2.24) is 19.5 Å². The summed E-state index contributed by atoms with van der Waals surface area (Å²) in [7, 11) is 3.10. The molecule has 11 nitrogen and oxygen atoms in total. The van der Waals surface area contributed by atoms with E-state index in [0.29, 0.717) is 17.0 Å². The van der Waals surface area contributed by atoms with Gasteiger partial charge in [0.15, 0.2) is 23.2 Å². The van der Waals surface area contributed by atoms with E-state index in [1.807, 2.05) is 0 Å². The van der Waals surface area contributed by atoms with Crippen LogP contribution >= 0.6 is 0 Å². The predicted molar refractivity (Wildman–Crippen MR) is 82.8 cm³/mol. The fraction of sp³-hybridized carbons (Fsp3) is 0.615.